The Morgan fingerprint density at radius 1 is 1.21 bits per heavy atom. The molecule has 0 spiro atoms. The first-order chi connectivity index (χ1) is 11.1. The molecular formula is C17H25BBrFO4. The van der Waals surface area contributed by atoms with E-state index in [0.717, 1.165) is 0 Å². The van der Waals surface area contributed by atoms with E-state index in [1.807, 2.05) is 41.5 Å². The Labute approximate surface area is 152 Å². The van der Waals surface area contributed by atoms with Crippen molar-refractivity contribution in [1.82, 2.24) is 0 Å². The van der Waals surface area contributed by atoms with Gasteiger partial charge in [0.25, 0.3) is 0 Å². The zero-order chi connectivity index (χ0) is 18.7. The highest BCUT2D eigenvalue weighted by atomic mass is 79.9. The van der Waals surface area contributed by atoms with Crippen molar-refractivity contribution in [2.24, 2.45) is 0 Å². The second kappa shape index (κ2) is 7.98. The van der Waals surface area contributed by atoms with Crippen LogP contribution >= 0.6 is 15.9 Å². The van der Waals surface area contributed by atoms with Crippen LogP contribution in [-0.4, -0.2) is 31.4 Å². The highest BCUT2D eigenvalue weighted by molar-refractivity contribution is 9.08. The average Bonchev–Trinajstić information content (AvgIpc) is 2.75. The number of esters is 1. The van der Waals surface area contributed by atoms with E-state index in [1.165, 1.54) is 13.2 Å². The minimum Gasteiger partial charge on any atom is -0.465 e. The summed E-state index contributed by atoms with van der Waals surface area (Å²) in [5.74, 6) is -1.39. The van der Waals surface area contributed by atoms with Gasteiger partial charge < -0.3 is 14.0 Å². The molecule has 1 fully saturated rings. The first-order valence-electron chi connectivity index (χ1n) is 7.96. The fraction of sp³-hybridized carbons (Fsp3) is 0.588. The van der Waals surface area contributed by atoms with Crippen molar-refractivity contribution in [2.75, 3.05) is 7.11 Å². The van der Waals surface area contributed by atoms with E-state index >= 15 is 0 Å². The molecule has 1 aliphatic rings. The van der Waals surface area contributed by atoms with E-state index in [4.69, 9.17) is 9.31 Å². The minimum absolute atomic E-state index is 0.128. The molecule has 134 valence electrons. The summed E-state index contributed by atoms with van der Waals surface area (Å²) < 4.78 is 31.3. The predicted molar refractivity (Wildman–Crippen MR) is 97.4 cm³/mol. The number of hydrogen-bond acceptors (Lipinski definition) is 4. The molecule has 0 N–H and O–H groups in total. The van der Waals surface area contributed by atoms with Crippen LogP contribution in [0.5, 0.6) is 0 Å². The van der Waals surface area contributed by atoms with Gasteiger partial charge in [-0.25, -0.2) is 9.18 Å². The molecule has 1 aliphatic heterocycles. The van der Waals surface area contributed by atoms with Gasteiger partial charge in [-0.15, -0.1) is 0 Å². The van der Waals surface area contributed by atoms with Gasteiger partial charge in [0.2, 0.25) is 0 Å². The summed E-state index contributed by atoms with van der Waals surface area (Å²) in [4.78, 5) is 11.7. The van der Waals surface area contributed by atoms with E-state index in [2.05, 4.69) is 20.7 Å². The van der Waals surface area contributed by atoms with Gasteiger partial charge in [0.05, 0.1) is 23.9 Å². The van der Waals surface area contributed by atoms with Crippen LogP contribution in [0, 0.1) is 5.82 Å². The SMILES string of the molecule is CC.COC(=O)c1ccc(CBr)c(B2OC(C)(C)C(C)(C)O2)c1F. The van der Waals surface area contributed by atoms with Crippen molar-refractivity contribution in [1.29, 1.82) is 0 Å². The summed E-state index contributed by atoms with van der Waals surface area (Å²) >= 11 is 3.33. The third kappa shape index (κ3) is 3.84. The van der Waals surface area contributed by atoms with Gasteiger partial charge in [-0.3, -0.25) is 0 Å². The van der Waals surface area contributed by atoms with E-state index in [9.17, 15) is 9.18 Å². The third-order valence-corrected chi connectivity index (χ3v) is 4.91. The lowest BCUT2D eigenvalue weighted by atomic mass is 9.75. The van der Waals surface area contributed by atoms with Gasteiger partial charge in [-0.1, -0.05) is 35.8 Å². The van der Waals surface area contributed by atoms with Crippen LogP contribution in [0.25, 0.3) is 0 Å². The van der Waals surface area contributed by atoms with Gasteiger partial charge >= 0.3 is 13.1 Å². The maximum atomic E-state index is 14.8. The van der Waals surface area contributed by atoms with Crippen molar-refractivity contribution < 1.29 is 23.2 Å². The number of ether oxygens (including phenoxy) is 1. The van der Waals surface area contributed by atoms with Gasteiger partial charge in [0, 0.05) is 10.8 Å². The molecule has 0 bridgehead atoms. The molecule has 0 radical (unpaired) electrons. The molecule has 7 heteroatoms. The smallest absolute Gasteiger partial charge is 0.465 e. The molecular weight excluding hydrogens is 378 g/mol. The zero-order valence-electron chi connectivity index (χ0n) is 15.3. The minimum atomic E-state index is -0.873. The number of halogens is 2. The lowest BCUT2D eigenvalue weighted by Crippen LogP contribution is -2.41. The monoisotopic (exact) mass is 402 g/mol. The quantitative estimate of drug-likeness (QED) is 0.437. The Kier molecular flexibility index (Phi) is 7.02. The summed E-state index contributed by atoms with van der Waals surface area (Å²) in [6.07, 6.45) is 0. The number of rotatable bonds is 3. The number of benzene rings is 1. The van der Waals surface area contributed by atoms with Crippen LogP contribution in [0.1, 0.15) is 57.5 Å². The first kappa shape index (κ1) is 21.1. The molecule has 2 rings (SSSR count). The number of carbonyl (C=O) groups excluding carboxylic acids is 1. The maximum absolute atomic E-state index is 14.8. The first-order valence-corrected chi connectivity index (χ1v) is 9.08. The fourth-order valence-electron chi connectivity index (χ4n) is 2.23. The van der Waals surface area contributed by atoms with Gasteiger partial charge in [0.15, 0.2) is 0 Å². The third-order valence-electron chi connectivity index (χ3n) is 4.31. The van der Waals surface area contributed by atoms with Crippen molar-refractivity contribution in [3.05, 3.63) is 29.1 Å². The normalized spacial score (nSPS) is 18.0. The topological polar surface area (TPSA) is 44.8 Å². The highest BCUT2D eigenvalue weighted by Gasteiger charge is 2.53. The van der Waals surface area contributed by atoms with Gasteiger partial charge in [-0.05, 0) is 39.3 Å². The Morgan fingerprint density at radius 3 is 2.12 bits per heavy atom. The Bertz CT molecular complexity index is 588. The maximum Gasteiger partial charge on any atom is 0.498 e. The second-order valence-electron chi connectivity index (χ2n) is 6.21. The van der Waals surface area contributed by atoms with Crippen molar-refractivity contribution >= 4 is 34.5 Å². The summed E-state index contributed by atoms with van der Waals surface area (Å²) in [5.41, 5.74) is -0.400. The van der Waals surface area contributed by atoms with Crippen LogP contribution in [0.4, 0.5) is 4.39 Å². The fourth-order valence-corrected chi connectivity index (χ4v) is 2.72. The second-order valence-corrected chi connectivity index (χ2v) is 6.77. The van der Waals surface area contributed by atoms with Crippen molar-refractivity contribution in [3.63, 3.8) is 0 Å². The highest BCUT2D eigenvalue weighted by Crippen LogP contribution is 2.37. The van der Waals surface area contributed by atoms with Crippen LogP contribution in [0.2, 0.25) is 0 Å². The molecule has 0 aromatic heterocycles. The van der Waals surface area contributed by atoms with Crippen LogP contribution in [-0.2, 0) is 19.4 Å². The molecule has 0 aliphatic carbocycles. The van der Waals surface area contributed by atoms with Gasteiger partial charge in [-0.2, -0.15) is 0 Å². The molecule has 1 aromatic rings. The van der Waals surface area contributed by atoms with E-state index in [-0.39, 0.29) is 11.0 Å². The standard InChI is InChI=1S/C15H19BBrFO4.C2H6/c1-14(2)15(3,4)22-16(21-14)11-9(8-17)6-7-10(12(11)18)13(19)20-5;1-2/h6-7H,8H2,1-5H3;1-2H3. The van der Waals surface area contributed by atoms with E-state index in [0.29, 0.717) is 10.9 Å². The molecule has 0 atom stereocenters. The molecule has 1 aromatic carbocycles. The van der Waals surface area contributed by atoms with E-state index < -0.39 is 30.1 Å². The summed E-state index contributed by atoms with van der Waals surface area (Å²) in [7, 11) is 0.344. The molecule has 4 nitrogen and oxygen atoms in total. The molecule has 1 heterocycles. The lowest BCUT2D eigenvalue weighted by Gasteiger charge is -2.32. The molecule has 0 unspecified atom stereocenters. The Morgan fingerprint density at radius 2 is 1.71 bits per heavy atom. The molecule has 24 heavy (non-hydrogen) atoms. The summed E-state index contributed by atoms with van der Waals surface area (Å²) in [6, 6.07) is 3.08. The number of carbonyl (C=O) groups is 1. The van der Waals surface area contributed by atoms with Crippen molar-refractivity contribution in [3.8, 4) is 0 Å². The Balaban J connectivity index is 0.00000139. The molecule has 0 saturated carbocycles. The summed E-state index contributed by atoms with van der Waals surface area (Å²) in [5, 5.41) is 0.421. The molecule has 1 saturated heterocycles. The number of methoxy groups -OCH3 is 1. The zero-order valence-corrected chi connectivity index (χ0v) is 16.9. The number of alkyl halides is 1. The van der Waals surface area contributed by atoms with E-state index in [1.54, 1.807) is 6.07 Å². The molecule has 0 amide bonds. The average molecular weight is 403 g/mol. The van der Waals surface area contributed by atoms with Crippen LogP contribution < -0.4 is 5.46 Å². The van der Waals surface area contributed by atoms with Crippen molar-refractivity contribution in [2.45, 2.75) is 58.1 Å². The lowest BCUT2D eigenvalue weighted by molar-refractivity contribution is 0.00578. The largest absolute Gasteiger partial charge is 0.498 e. The van der Waals surface area contributed by atoms with Crippen LogP contribution in [0.3, 0.4) is 0 Å². The van der Waals surface area contributed by atoms with Gasteiger partial charge in [0.1, 0.15) is 5.82 Å². The predicted octanol–water partition coefficient (Wildman–Crippen LogP) is 3.83. The summed E-state index contributed by atoms with van der Waals surface area (Å²) in [6.45, 7) is 11.6. The number of hydrogen-bond donors (Lipinski definition) is 0. The Hall–Kier alpha value is -0.915. The van der Waals surface area contributed by atoms with Crippen LogP contribution in [0.15, 0.2) is 12.1 Å².